The van der Waals surface area contributed by atoms with Crippen LogP contribution < -0.4 is 5.32 Å². The Morgan fingerprint density at radius 3 is 2.18 bits per heavy atom. The standard InChI is InChI=1S/C32H33NO5/c34-27-17-14-21(18-29(27)36)13-15-24-25-6-3-7-28(35)30(25)32(38)31(37)26(24)16-12-20-8-10-22(11-9-20)19-33-23-4-1-2-5-23/h3,6-11,13-15,17-18,23,33-38H,1-2,4-5,12,16,19H2. The monoisotopic (exact) mass is 511 g/mol. The highest BCUT2D eigenvalue weighted by Crippen LogP contribution is 2.45. The van der Waals surface area contributed by atoms with Crippen LogP contribution in [0.25, 0.3) is 22.9 Å². The molecule has 0 aromatic heterocycles. The Hall–Kier alpha value is -4.16. The number of phenolic OH excluding ortho intramolecular Hbond substituents is 5. The minimum absolute atomic E-state index is 0.124. The fraction of sp³-hybridized carbons (Fsp3) is 0.250. The largest absolute Gasteiger partial charge is 0.507 e. The van der Waals surface area contributed by atoms with E-state index in [0.717, 1.165) is 12.1 Å². The maximum absolute atomic E-state index is 11.0. The molecule has 0 heterocycles. The molecule has 196 valence electrons. The van der Waals surface area contributed by atoms with Crippen molar-refractivity contribution in [3.05, 3.63) is 88.5 Å². The van der Waals surface area contributed by atoms with Gasteiger partial charge >= 0.3 is 0 Å². The molecule has 0 spiro atoms. The van der Waals surface area contributed by atoms with Crippen LogP contribution in [-0.4, -0.2) is 31.6 Å². The SMILES string of the molecule is Oc1ccc(C=Cc2c(CCc3ccc(CNC4CCCC4)cc3)c(O)c(O)c3c(O)cccc23)cc1O. The smallest absolute Gasteiger partial charge is 0.169 e. The van der Waals surface area contributed by atoms with Gasteiger partial charge in [-0.15, -0.1) is 0 Å². The maximum Gasteiger partial charge on any atom is 0.169 e. The van der Waals surface area contributed by atoms with Crippen molar-refractivity contribution in [1.82, 2.24) is 5.32 Å². The molecule has 4 aromatic rings. The number of hydrogen-bond acceptors (Lipinski definition) is 6. The van der Waals surface area contributed by atoms with E-state index in [1.54, 1.807) is 30.4 Å². The molecule has 4 aromatic carbocycles. The Morgan fingerprint density at radius 2 is 1.45 bits per heavy atom. The quantitative estimate of drug-likeness (QED) is 0.121. The molecule has 0 aliphatic heterocycles. The molecule has 38 heavy (non-hydrogen) atoms. The van der Waals surface area contributed by atoms with Crippen molar-refractivity contribution < 1.29 is 25.5 Å². The highest BCUT2D eigenvalue weighted by atomic mass is 16.3. The predicted molar refractivity (Wildman–Crippen MR) is 151 cm³/mol. The van der Waals surface area contributed by atoms with Gasteiger partial charge in [0.2, 0.25) is 0 Å². The number of hydrogen-bond donors (Lipinski definition) is 6. The molecule has 0 amide bonds. The normalized spacial score (nSPS) is 14.1. The van der Waals surface area contributed by atoms with Crippen LogP contribution in [0.4, 0.5) is 0 Å². The zero-order chi connectivity index (χ0) is 26.6. The number of rotatable bonds is 8. The second-order valence-electron chi connectivity index (χ2n) is 10.0. The van der Waals surface area contributed by atoms with Crippen LogP contribution >= 0.6 is 0 Å². The molecule has 0 radical (unpaired) electrons. The molecule has 6 nitrogen and oxygen atoms in total. The molecule has 6 N–H and O–H groups in total. The van der Waals surface area contributed by atoms with Gasteiger partial charge in [-0.1, -0.05) is 67.5 Å². The van der Waals surface area contributed by atoms with Crippen molar-refractivity contribution in [1.29, 1.82) is 0 Å². The molecule has 1 saturated carbocycles. The van der Waals surface area contributed by atoms with Crippen molar-refractivity contribution in [2.75, 3.05) is 0 Å². The van der Waals surface area contributed by atoms with Gasteiger partial charge in [0.1, 0.15) is 5.75 Å². The van der Waals surface area contributed by atoms with E-state index in [4.69, 9.17) is 0 Å². The van der Waals surface area contributed by atoms with Crippen LogP contribution in [-0.2, 0) is 19.4 Å². The van der Waals surface area contributed by atoms with E-state index < -0.39 is 0 Å². The highest BCUT2D eigenvalue weighted by molar-refractivity contribution is 6.03. The Bertz CT molecular complexity index is 1470. The summed E-state index contributed by atoms with van der Waals surface area (Å²) in [5.41, 5.74) is 4.22. The fourth-order valence-corrected chi connectivity index (χ4v) is 5.32. The summed E-state index contributed by atoms with van der Waals surface area (Å²) in [6.07, 6.45) is 9.78. The van der Waals surface area contributed by atoms with Crippen LogP contribution in [0.15, 0.2) is 60.7 Å². The van der Waals surface area contributed by atoms with Crippen molar-refractivity contribution in [3.8, 4) is 28.7 Å². The Labute approximate surface area is 222 Å². The summed E-state index contributed by atoms with van der Waals surface area (Å²) in [5, 5.41) is 56.1. The summed E-state index contributed by atoms with van der Waals surface area (Å²) in [5.74, 6) is -1.17. The van der Waals surface area contributed by atoms with Crippen LogP contribution in [0.3, 0.4) is 0 Å². The zero-order valence-corrected chi connectivity index (χ0v) is 21.2. The van der Waals surface area contributed by atoms with Crippen molar-refractivity contribution in [3.63, 3.8) is 0 Å². The lowest BCUT2D eigenvalue weighted by Crippen LogP contribution is -2.25. The third-order valence-electron chi connectivity index (χ3n) is 7.48. The molecule has 1 aliphatic rings. The minimum Gasteiger partial charge on any atom is -0.507 e. The van der Waals surface area contributed by atoms with E-state index in [-0.39, 0.29) is 34.1 Å². The minimum atomic E-state index is -0.346. The lowest BCUT2D eigenvalue weighted by molar-refractivity contribution is 0.401. The third-order valence-corrected chi connectivity index (χ3v) is 7.48. The Morgan fingerprint density at radius 1 is 0.711 bits per heavy atom. The van der Waals surface area contributed by atoms with Gasteiger partial charge < -0.3 is 30.8 Å². The molecular formula is C32H33NO5. The summed E-state index contributed by atoms with van der Waals surface area (Å²) >= 11 is 0. The summed E-state index contributed by atoms with van der Waals surface area (Å²) < 4.78 is 0. The first-order valence-electron chi connectivity index (χ1n) is 13.1. The number of aromatic hydroxyl groups is 5. The van der Waals surface area contributed by atoms with Crippen LogP contribution in [0.5, 0.6) is 28.7 Å². The molecule has 0 bridgehead atoms. The van der Waals surface area contributed by atoms with Gasteiger partial charge in [0.05, 0.1) is 5.39 Å². The molecule has 5 rings (SSSR count). The first-order valence-corrected chi connectivity index (χ1v) is 13.1. The molecular weight excluding hydrogens is 478 g/mol. The van der Waals surface area contributed by atoms with Gasteiger partial charge in [0.15, 0.2) is 23.0 Å². The second kappa shape index (κ2) is 11.1. The van der Waals surface area contributed by atoms with E-state index in [2.05, 4.69) is 29.6 Å². The van der Waals surface area contributed by atoms with E-state index in [0.29, 0.717) is 41.0 Å². The van der Waals surface area contributed by atoms with Gasteiger partial charge in [0.25, 0.3) is 0 Å². The second-order valence-corrected chi connectivity index (χ2v) is 10.0. The molecule has 1 aliphatic carbocycles. The van der Waals surface area contributed by atoms with Crippen molar-refractivity contribution >= 4 is 22.9 Å². The first kappa shape index (κ1) is 25.5. The summed E-state index contributed by atoms with van der Waals surface area (Å²) in [6.45, 7) is 0.857. The lowest BCUT2D eigenvalue weighted by Gasteiger charge is -2.16. The summed E-state index contributed by atoms with van der Waals surface area (Å²) in [6, 6.07) is 18.5. The molecule has 0 saturated heterocycles. The average Bonchev–Trinajstić information content (AvgIpc) is 3.44. The van der Waals surface area contributed by atoms with Gasteiger partial charge in [-0.3, -0.25) is 0 Å². The number of nitrogens with one attached hydrogen (secondary N) is 1. The van der Waals surface area contributed by atoms with Crippen molar-refractivity contribution in [2.24, 2.45) is 0 Å². The molecule has 0 unspecified atom stereocenters. The average molecular weight is 512 g/mol. The van der Waals surface area contributed by atoms with Gasteiger partial charge in [0, 0.05) is 18.2 Å². The van der Waals surface area contributed by atoms with E-state index >= 15 is 0 Å². The maximum atomic E-state index is 11.0. The summed E-state index contributed by atoms with van der Waals surface area (Å²) in [4.78, 5) is 0. The van der Waals surface area contributed by atoms with E-state index in [9.17, 15) is 25.5 Å². The highest BCUT2D eigenvalue weighted by Gasteiger charge is 2.20. The lowest BCUT2D eigenvalue weighted by atomic mass is 9.91. The molecule has 1 fully saturated rings. The number of phenols is 5. The first-order chi connectivity index (χ1) is 18.4. The van der Waals surface area contributed by atoms with Crippen LogP contribution in [0.2, 0.25) is 0 Å². The van der Waals surface area contributed by atoms with Gasteiger partial charge in [-0.2, -0.15) is 0 Å². The Balaban J connectivity index is 1.42. The summed E-state index contributed by atoms with van der Waals surface area (Å²) in [7, 11) is 0. The topological polar surface area (TPSA) is 113 Å². The third kappa shape index (κ3) is 5.41. The van der Waals surface area contributed by atoms with E-state index in [1.165, 1.54) is 49.4 Å². The predicted octanol–water partition coefficient (Wildman–Crippen LogP) is 6.36. The number of benzene rings is 4. The van der Waals surface area contributed by atoms with Gasteiger partial charge in [-0.05, 0) is 71.5 Å². The fourth-order valence-electron chi connectivity index (χ4n) is 5.32. The zero-order valence-electron chi connectivity index (χ0n) is 21.2. The van der Waals surface area contributed by atoms with Crippen LogP contribution in [0, 0.1) is 0 Å². The van der Waals surface area contributed by atoms with Gasteiger partial charge in [-0.25, -0.2) is 0 Å². The Kier molecular flexibility index (Phi) is 7.43. The number of aryl methyl sites for hydroxylation is 1. The van der Waals surface area contributed by atoms with Crippen molar-refractivity contribution in [2.45, 2.75) is 51.1 Å². The van der Waals surface area contributed by atoms with E-state index in [1.807, 2.05) is 0 Å². The number of fused-ring (bicyclic) bond motifs is 1. The van der Waals surface area contributed by atoms with Crippen LogP contribution in [0.1, 0.15) is 53.5 Å². The molecule has 0 atom stereocenters. The molecule has 6 heteroatoms.